The van der Waals surface area contributed by atoms with Gasteiger partial charge in [0.2, 0.25) is 0 Å². The Morgan fingerprint density at radius 2 is 2.27 bits per heavy atom. The van der Waals surface area contributed by atoms with Gasteiger partial charge in [0.1, 0.15) is 6.17 Å². The average molecular weight is 157 g/mol. The summed E-state index contributed by atoms with van der Waals surface area (Å²) in [6, 6.07) is 0. The standard InChI is InChI=1S/C9H16FN/c10-9(7-11)8-5-3-1-2-4-6-8/h5,9H,1-4,6-7,11H2. The normalized spacial score (nSPS) is 22.2. The zero-order valence-corrected chi connectivity index (χ0v) is 6.85. The van der Waals surface area contributed by atoms with Crippen molar-refractivity contribution < 1.29 is 4.39 Å². The van der Waals surface area contributed by atoms with Crippen LogP contribution >= 0.6 is 0 Å². The van der Waals surface area contributed by atoms with E-state index in [1.54, 1.807) is 0 Å². The molecule has 0 aromatic carbocycles. The quantitative estimate of drug-likeness (QED) is 0.611. The predicted octanol–water partition coefficient (Wildman–Crippen LogP) is 2.17. The number of hydrogen-bond acceptors (Lipinski definition) is 1. The summed E-state index contributed by atoms with van der Waals surface area (Å²) in [6.07, 6.45) is 6.68. The molecule has 11 heavy (non-hydrogen) atoms. The second kappa shape index (κ2) is 4.50. The van der Waals surface area contributed by atoms with Crippen molar-refractivity contribution in [1.29, 1.82) is 0 Å². The van der Waals surface area contributed by atoms with Crippen molar-refractivity contribution in [3.63, 3.8) is 0 Å². The van der Waals surface area contributed by atoms with Gasteiger partial charge in [-0.1, -0.05) is 12.5 Å². The molecule has 0 aromatic heterocycles. The number of halogens is 1. The third-order valence-electron chi connectivity index (χ3n) is 2.19. The largest absolute Gasteiger partial charge is 0.327 e. The van der Waals surface area contributed by atoms with E-state index in [0.717, 1.165) is 24.8 Å². The van der Waals surface area contributed by atoms with Gasteiger partial charge in [-0.2, -0.15) is 0 Å². The molecule has 1 nitrogen and oxygen atoms in total. The van der Waals surface area contributed by atoms with Gasteiger partial charge in [0.05, 0.1) is 0 Å². The van der Waals surface area contributed by atoms with E-state index in [2.05, 4.69) is 0 Å². The molecule has 0 saturated heterocycles. The van der Waals surface area contributed by atoms with E-state index in [9.17, 15) is 4.39 Å². The fourth-order valence-corrected chi connectivity index (χ4v) is 1.48. The van der Waals surface area contributed by atoms with Crippen LogP contribution in [0.4, 0.5) is 4.39 Å². The summed E-state index contributed by atoms with van der Waals surface area (Å²) < 4.78 is 13.0. The van der Waals surface area contributed by atoms with E-state index in [1.807, 2.05) is 6.08 Å². The summed E-state index contributed by atoms with van der Waals surface area (Å²) in [7, 11) is 0. The van der Waals surface area contributed by atoms with Crippen LogP contribution in [0.1, 0.15) is 32.1 Å². The number of rotatable bonds is 2. The van der Waals surface area contributed by atoms with Gasteiger partial charge in [0.25, 0.3) is 0 Å². The summed E-state index contributed by atoms with van der Waals surface area (Å²) in [5, 5.41) is 0. The molecule has 0 heterocycles. The van der Waals surface area contributed by atoms with E-state index >= 15 is 0 Å². The fourth-order valence-electron chi connectivity index (χ4n) is 1.48. The van der Waals surface area contributed by atoms with Crippen LogP contribution in [0.3, 0.4) is 0 Å². The molecule has 0 saturated carbocycles. The molecule has 64 valence electrons. The molecule has 0 aliphatic heterocycles. The van der Waals surface area contributed by atoms with Crippen LogP contribution in [0.2, 0.25) is 0 Å². The average Bonchev–Trinajstić information content (AvgIpc) is 2.30. The molecule has 0 bridgehead atoms. The van der Waals surface area contributed by atoms with E-state index in [0.29, 0.717) is 0 Å². The molecular weight excluding hydrogens is 141 g/mol. The van der Waals surface area contributed by atoms with Gasteiger partial charge in [-0.15, -0.1) is 0 Å². The Morgan fingerprint density at radius 1 is 1.45 bits per heavy atom. The molecule has 1 aliphatic rings. The summed E-state index contributed by atoms with van der Waals surface area (Å²) in [4.78, 5) is 0. The van der Waals surface area contributed by atoms with E-state index in [1.165, 1.54) is 12.8 Å². The molecule has 0 aromatic rings. The van der Waals surface area contributed by atoms with Crippen LogP contribution in [0, 0.1) is 0 Å². The van der Waals surface area contributed by atoms with Crippen LogP contribution in [0.25, 0.3) is 0 Å². The van der Waals surface area contributed by atoms with E-state index in [-0.39, 0.29) is 6.54 Å². The molecule has 1 rings (SSSR count). The lowest BCUT2D eigenvalue weighted by molar-refractivity contribution is 0.380. The Morgan fingerprint density at radius 3 is 3.00 bits per heavy atom. The monoisotopic (exact) mass is 157 g/mol. The molecule has 0 spiro atoms. The topological polar surface area (TPSA) is 26.0 Å². The summed E-state index contributed by atoms with van der Waals surface area (Å²) in [5.41, 5.74) is 6.17. The number of allylic oxidation sites excluding steroid dienone is 1. The zero-order valence-electron chi connectivity index (χ0n) is 6.85. The number of hydrogen-bond donors (Lipinski definition) is 1. The third-order valence-corrected chi connectivity index (χ3v) is 2.19. The molecule has 2 heteroatoms. The van der Waals surface area contributed by atoms with Crippen molar-refractivity contribution in [2.24, 2.45) is 5.73 Å². The van der Waals surface area contributed by atoms with E-state index < -0.39 is 6.17 Å². The third kappa shape index (κ3) is 2.62. The molecule has 0 amide bonds. The van der Waals surface area contributed by atoms with Crippen molar-refractivity contribution in [3.05, 3.63) is 11.6 Å². The lowest BCUT2D eigenvalue weighted by atomic mass is 10.1. The second-order valence-electron chi connectivity index (χ2n) is 3.08. The molecule has 0 radical (unpaired) electrons. The molecule has 1 atom stereocenters. The first-order valence-electron chi connectivity index (χ1n) is 4.37. The first-order chi connectivity index (χ1) is 5.34. The maximum atomic E-state index is 13.0. The van der Waals surface area contributed by atoms with Gasteiger partial charge in [0.15, 0.2) is 0 Å². The Labute approximate surface area is 67.5 Å². The highest BCUT2D eigenvalue weighted by atomic mass is 19.1. The van der Waals surface area contributed by atoms with Crippen molar-refractivity contribution in [2.45, 2.75) is 38.3 Å². The predicted molar refractivity (Wildman–Crippen MR) is 45.1 cm³/mol. The molecule has 1 aliphatic carbocycles. The Bertz CT molecular complexity index is 142. The highest BCUT2D eigenvalue weighted by molar-refractivity contribution is 5.09. The SMILES string of the molecule is NCC(F)C1=CCCCCC1. The van der Waals surface area contributed by atoms with Crippen LogP contribution in [-0.4, -0.2) is 12.7 Å². The van der Waals surface area contributed by atoms with Gasteiger partial charge in [-0.25, -0.2) is 4.39 Å². The Balaban J connectivity index is 2.46. The summed E-state index contributed by atoms with van der Waals surface area (Å²) >= 11 is 0. The van der Waals surface area contributed by atoms with Gasteiger partial charge < -0.3 is 5.73 Å². The lowest BCUT2D eigenvalue weighted by Crippen LogP contribution is -2.17. The molecule has 2 N–H and O–H groups in total. The van der Waals surface area contributed by atoms with Crippen LogP contribution in [-0.2, 0) is 0 Å². The van der Waals surface area contributed by atoms with Crippen molar-refractivity contribution in [1.82, 2.24) is 0 Å². The fraction of sp³-hybridized carbons (Fsp3) is 0.778. The van der Waals surface area contributed by atoms with Gasteiger partial charge in [-0.3, -0.25) is 0 Å². The maximum Gasteiger partial charge on any atom is 0.133 e. The molecule has 0 fully saturated rings. The number of alkyl halides is 1. The van der Waals surface area contributed by atoms with Crippen molar-refractivity contribution >= 4 is 0 Å². The minimum absolute atomic E-state index is 0.145. The van der Waals surface area contributed by atoms with Crippen molar-refractivity contribution in [3.8, 4) is 0 Å². The Hall–Kier alpha value is -0.370. The zero-order chi connectivity index (χ0) is 8.10. The molecular formula is C9H16FN. The highest BCUT2D eigenvalue weighted by Crippen LogP contribution is 2.20. The van der Waals surface area contributed by atoms with E-state index in [4.69, 9.17) is 5.73 Å². The summed E-state index contributed by atoms with van der Waals surface area (Å²) in [6.45, 7) is 0.145. The maximum absolute atomic E-state index is 13.0. The van der Waals surface area contributed by atoms with Gasteiger partial charge >= 0.3 is 0 Å². The van der Waals surface area contributed by atoms with Crippen molar-refractivity contribution in [2.75, 3.05) is 6.54 Å². The highest BCUT2D eigenvalue weighted by Gasteiger charge is 2.11. The first-order valence-corrected chi connectivity index (χ1v) is 4.37. The smallest absolute Gasteiger partial charge is 0.133 e. The number of nitrogens with two attached hydrogens (primary N) is 1. The minimum Gasteiger partial charge on any atom is -0.327 e. The lowest BCUT2D eigenvalue weighted by Gasteiger charge is -2.08. The van der Waals surface area contributed by atoms with Gasteiger partial charge in [-0.05, 0) is 31.3 Å². The first kappa shape index (κ1) is 8.72. The minimum atomic E-state index is -0.881. The van der Waals surface area contributed by atoms with Gasteiger partial charge in [0, 0.05) is 6.54 Å². The second-order valence-corrected chi connectivity index (χ2v) is 3.08. The van der Waals surface area contributed by atoms with Crippen LogP contribution in [0.15, 0.2) is 11.6 Å². The molecule has 1 unspecified atom stereocenters. The Kier molecular flexibility index (Phi) is 3.57. The van der Waals surface area contributed by atoms with Crippen LogP contribution in [0.5, 0.6) is 0 Å². The summed E-state index contributed by atoms with van der Waals surface area (Å²) in [5.74, 6) is 0. The van der Waals surface area contributed by atoms with Crippen LogP contribution < -0.4 is 5.73 Å².